The van der Waals surface area contributed by atoms with Gasteiger partial charge in [-0.15, -0.1) is 0 Å². The normalized spacial score (nSPS) is 11.1. The van der Waals surface area contributed by atoms with Crippen molar-refractivity contribution in [2.75, 3.05) is 25.6 Å². The summed E-state index contributed by atoms with van der Waals surface area (Å²) in [5.74, 6) is 0.417. The molecule has 0 aliphatic heterocycles. The maximum atomic E-state index is 14.6. The van der Waals surface area contributed by atoms with E-state index >= 15 is 0 Å². The molecule has 3 aromatic rings. The zero-order valence-electron chi connectivity index (χ0n) is 17.1. The number of sulfonamides is 1. The number of halogens is 2. The summed E-state index contributed by atoms with van der Waals surface area (Å²) >= 11 is 5.96. The first-order chi connectivity index (χ1) is 14.8. The number of anilines is 1. The van der Waals surface area contributed by atoms with Gasteiger partial charge in [0.05, 0.1) is 33.6 Å². The van der Waals surface area contributed by atoms with E-state index in [1.54, 1.807) is 30.3 Å². The van der Waals surface area contributed by atoms with Gasteiger partial charge in [0.2, 0.25) is 0 Å². The van der Waals surface area contributed by atoms with Crippen molar-refractivity contribution in [2.24, 2.45) is 0 Å². The minimum Gasteiger partial charge on any atom is -0.497 e. The molecule has 0 atom stereocenters. The fourth-order valence-corrected chi connectivity index (χ4v) is 4.75. The van der Waals surface area contributed by atoms with E-state index in [-0.39, 0.29) is 17.3 Å². The van der Waals surface area contributed by atoms with Gasteiger partial charge >= 0.3 is 0 Å². The van der Waals surface area contributed by atoms with Gasteiger partial charge in [-0.1, -0.05) is 23.7 Å². The molecular formula is C22H21ClFNO5S. The Morgan fingerprint density at radius 3 is 2.13 bits per heavy atom. The lowest BCUT2D eigenvalue weighted by molar-refractivity contribution is 0.394. The summed E-state index contributed by atoms with van der Waals surface area (Å²) in [4.78, 5) is -0.537. The van der Waals surface area contributed by atoms with Gasteiger partial charge in [0.15, 0.2) is 0 Å². The van der Waals surface area contributed by atoms with Crippen LogP contribution in [0.25, 0.3) is 0 Å². The molecule has 0 spiro atoms. The molecule has 0 unspecified atom stereocenters. The Labute approximate surface area is 185 Å². The van der Waals surface area contributed by atoms with Crippen molar-refractivity contribution in [3.63, 3.8) is 0 Å². The van der Waals surface area contributed by atoms with Gasteiger partial charge in [0.25, 0.3) is 10.0 Å². The van der Waals surface area contributed by atoms with E-state index in [9.17, 15) is 12.8 Å². The molecule has 31 heavy (non-hydrogen) atoms. The molecule has 0 aliphatic carbocycles. The van der Waals surface area contributed by atoms with Crippen LogP contribution in [0.1, 0.15) is 5.56 Å². The number of benzene rings is 3. The van der Waals surface area contributed by atoms with Gasteiger partial charge in [0, 0.05) is 23.2 Å². The molecule has 0 amide bonds. The molecule has 6 nitrogen and oxygen atoms in total. The van der Waals surface area contributed by atoms with Crippen LogP contribution in [-0.4, -0.2) is 29.7 Å². The van der Waals surface area contributed by atoms with Gasteiger partial charge in [0.1, 0.15) is 28.0 Å². The second-order valence-electron chi connectivity index (χ2n) is 6.51. The monoisotopic (exact) mass is 465 g/mol. The third-order valence-corrected chi connectivity index (χ3v) is 6.57. The predicted molar refractivity (Wildman–Crippen MR) is 117 cm³/mol. The lowest BCUT2D eigenvalue weighted by Gasteiger charge is -2.26. The van der Waals surface area contributed by atoms with Gasteiger partial charge in [-0.3, -0.25) is 4.31 Å². The molecular weight excluding hydrogens is 445 g/mol. The molecule has 0 aromatic heterocycles. The SMILES string of the molecule is COc1cccc(CN(c2cc(OC)cc(OC)c2)S(=O)(=O)c2cc(Cl)ccc2F)c1. The molecule has 0 fully saturated rings. The van der Waals surface area contributed by atoms with Crippen LogP contribution in [0.5, 0.6) is 17.2 Å². The highest BCUT2D eigenvalue weighted by atomic mass is 35.5. The number of ether oxygens (including phenoxy) is 3. The lowest BCUT2D eigenvalue weighted by atomic mass is 10.2. The van der Waals surface area contributed by atoms with Crippen LogP contribution in [0.15, 0.2) is 65.6 Å². The first kappa shape index (κ1) is 22.7. The first-order valence-corrected chi connectivity index (χ1v) is 10.9. The van der Waals surface area contributed by atoms with Crippen LogP contribution in [0.4, 0.5) is 10.1 Å². The van der Waals surface area contributed by atoms with E-state index in [1.807, 2.05) is 0 Å². The Hall–Kier alpha value is -2.97. The Morgan fingerprint density at radius 2 is 1.52 bits per heavy atom. The van der Waals surface area contributed by atoms with E-state index in [4.69, 9.17) is 25.8 Å². The number of rotatable bonds is 8. The Kier molecular flexibility index (Phi) is 6.92. The largest absolute Gasteiger partial charge is 0.497 e. The minimum atomic E-state index is -4.35. The number of hydrogen-bond donors (Lipinski definition) is 0. The highest BCUT2D eigenvalue weighted by Crippen LogP contribution is 2.34. The average Bonchev–Trinajstić information content (AvgIpc) is 2.78. The quantitative estimate of drug-likeness (QED) is 0.473. The first-order valence-electron chi connectivity index (χ1n) is 9.12. The van der Waals surface area contributed by atoms with Crippen LogP contribution >= 0.6 is 11.6 Å². The van der Waals surface area contributed by atoms with Gasteiger partial charge in [-0.2, -0.15) is 0 Å². The molecule has 0 saturated carbocycles. The lowest BCUT2D eigenvalue weighted by Crippen LogP contribution is -2.31. The maximum Gasteiger partial charge on any atom is 0.267 e. The van der Waals surface area contributed by atoms with E-state index in [0.717, 1.165) is 16.4 Å². The summed E-state index contributed by atoms with van der Waals surface area (Å²) in [5.41, 5.74) is 0.866. The van der Waals surface area contributed by atoms with E-state index in [0.29, 0.717) is 22.8 Å². The van der Waals surface area contributed by atoms with Crippen molar-refractivity contribution in [1.29, 1.82) is 0 Å². The summed E-state index contributed by atoms with van der Waals surface area (Å²) in [6.45, 7) is -0.0954. The van der Waals surface area contributed by atoms with Crippen molar-refractivity contribution in [3.05, 3.63) is 77.1 Å². The maximum absolute atomic E-state index is 14.6. The average molecular weight is 466 g/mol. The molecule has 164 valence electrons. The van der Waals surface area contributed by atoms with Crippen molar-refractivity contribution in [2.45, 2.75) is 11.4 Å². The molecule has 9 heteroatoms. The predicted octanol–water partition coefficient (Wildman–Crippen LogP) is 4.90. The molecule has 0 N–H and O–H groups in total. The van der Waals surface area contributed by atoms with Gasteiger partial charge in [-0.05, 0) is 35.9 Å². The van der Waals surface area contributed by atoms with Crippen LogP contribution < -0.4 is 18.5 Å². The molecule has 0 aliphatic rings. The van der Waals surface area contributed by atoms with Crippen molar-refractivity contribution in [3.8, 4) is 17.2 Å². The zero-order valence-corrected chi connectivity index (χ0v) is 18.7. The summed E-state index contributed by atoms with van der Waals surface area (Å²) < 4.78 is 58.6. The molecule has 0 heterocycles. The number of nitrogens with zero attached hydrogens (tertiary/aromatic N) is 1. The standard InChI is InChI=1S/C22H21ClFNO5S/c1-28-18-6-4-5-15(9-18)14-25(17-11-19(29-2)13-20(12-17)30-3)31(26,27)22-10-16(23)7-8-21(22)24/h4-13H,14H2,1-3H3. The Bertz CT molecular complexity index is 1160. The van der Waals surface area contributed by atoms with E-state index < -0.39 is 20.7 Å². The van der Waals surface area contributed by atoms with Crippen LogP contribution in [0.2, 0.25) is 5.02 Å². The van der Waals surface area contributed by atoms with Crippen molar-refractivity contribution >= 4 is 27.3 Å². The summed E-state index contributed by atoms with van der Waals surface area (Å²) in [5, 5.41) is 0.101. The second-order valence-corrected chi connectivity index (χ2v) is 8.78. The third-order valence-electron chi connectivity index (χ3n) is 4.55. The summed E-state index contributed by atoms with van der Waals surface area (Å²) in [7, 11) is 0.0716. The molecule has 3 aromatic carbocycles. The van der Waals surface area contributed by atoms with Gasteiger partial charge < -0.3 is 14.2 Å². The molecule has 0 bridgehead atoms. The van der Waals surface area contributed by atoms with Crippen LogP contribution in [-0.2, 0) is 16.6 Å². The number of hydrogen-bond acceptors (Lipinski definition) is 5. The topological polar surface area (TPSA) is 65.1 Å². The summed E-state index contributed by atoms with van der Waals surface area (Å²) in [6.07, 6.45) is 0. The highest BCUT2D eigenvalue weighted by molar-refractivity contribution is 7.92. The van der Waals surface area contributed by atoms with Crippen LogP contribution in [0, 0.1) is 5.82 Å². The highest BCUT2D eigenvalue weighted by Gasteiger charge is 2.29. The molecule has 3 rings (SSSR count). The summed E-state index contributed by atoms with van der Waals surface area (Å²) in [6, 6.07) is 15.0. The minimum absolute atomic E-state index is 0.0954. The zero-order chi connectivity index (χ0) is 22.6. The van der Waals surface area contributed by atoms with E-state index in [1.165, 1.54) is 39.5 Å². The molecule has 0 saturated heterocycles. The van der Waals surface area contributed by atoms with Crippen molar-refractivity contribution < 1.29 is 27.0 Å². The van der Waals surface area contributed by atoms with E-state index in [2.05, 4.69) is 0 Å². The third kappa shape index (κ3) is 5.03. The smallest absolute Gasteiger partial charge is 0.267 e. The van der Waals surface area contributed by atoms with Gasteiger partial charge in [-0.25, -0.2) is 12.8 Å². The fourth-order valence-electron chi connectivity index (χ4n) is 2.98. The Balaban J connectivity index is 2.20. The van der Waals surface area contributed by atoms with Crippen LogP contribution in [0.3, 0.4) is 0 Å². The Morgan fingerprint density at radius 1 is 0.871 bits per heavy atom. The fraction of sp³-hybridized carbons (Fsp3) is 0.182. The van der Waals surface area contributed by atoms with Crippen molar-refractivity contribution in [1.82, 2.24) is 0 Å². The second kappa shape index (κ2) is 9.45. The molecule has 0 radical (unpaired) electrons. The number of methoxy groups -OCH3 is 3.